The number of guanidine groups is 1. The monoisotopic (exact) mass is 435 g/mol. The molecule has 30 heavy (non-hydrogen) atoms. The molecule has 1 saturated heterocycles. The summed E-state index contributed by atoms with van der Waals surface area (Å²) < 4.78 is 5.88. The number of hydrogen-bond donors (Lipinski definition) is 2. The molecule has 0 aromatic heterocycles. The van der Waals surface area contributed by atoms with Gasteiger partial charge in [0.05, 0.1) is 6.54 Å². The van der Waals surface area contributed by atoms with Crippen molar-refractivity contribution in [2.24, 2.45) is 10.9 Å². The average molecular weight is 436 g/mol. The molecule has 166 valence electrons. The first kappa shape index (κ1) is 22.7. The Morgan fingerprint density at radius 3 is 2.50 bits per heavy atom. The Labute approximate surface area is 184 Å². The predicted molar refractivity (Wildman–Crippen MR) is 121 cm³/mol. The summed E-state index contributed by atoms with van der Waals surface area (Å²) in [6.45, 7) is 7.98. The van der Waals surface area contributed by atoms with Crippen molar-refractivity contribution in [3.8, 4) is 5.75 Å². The number of rotatable bonds is 8. The Balaban J connectivity index is 1.29. The molecule has 1 aliphatic heterocycles. The first-order valence-corrected chi connectivity index (χ1v) is 11.3. The summed E-state index contributed by atoms with van der Waals surface area (Å²) in [7, 11) is 1.77. The molecule has 3 rings (SSSR count). The topological polar surface area (TPSA) is 69.2 Å². The van der Waals surface area contributed by atoms with Gasteiger partial charge in [-0.25, -0.2) is 0 Å². The minimum absolute atomic E-state index is 0.00833. The molecule has 8 heteroatoms. The summed E-state index contributed by atoms with van der Waals surface area (Å²) in [5, 5.41) is 7.36. The molecule has 1 heterocycles. The second-order valence-electron chi connectivity index (χ2n) is 8.06. The maximum atomic E-state index is 12.3. The molecule has 2 fully saturated rings. The lowest BCUT2D eigenvalue weighted by Crippen LogP contribution is -2.52. The number of piperazine rings is 1. The van der Waals surface area contributed by atoms with Gasteiger partial charge in [0.15, 0.2) is 5.96 Å². The Morgan fingerprint density at radius 2 is 1.90 bits per heavy atom. The molecule has 0 spiro atoms. The number of nitrogens with zero attached hydrogens (tertiary/aromatic N) is 3. The van der Waals surface area contributed by atoms with Crippen LogP contribution in [0.3, 0.4) is 0 Å². The molecule has 0 radical (unpaired) electrons. The Morgan fingerprint density at radius 1 is 1.20 bits per heavy atom. The van der Waals surface area contributed by atoms with Gasteiger partial charge in [-0.05, 0) is 44.0 Å². The lowest BCUT2D eigenvalue weighted by molar-refractivity contribution is -0.139. The van der Waals surface area contributed by atoms with Crippen molar-refractivity contribution in [3.05, 3.63) is 29.3 Å². The number of carbonyl (C=O) groups excluding carboxylic acids is 1. The quantitative estimate of drug-likeness (QED) is 0.484. The van der Waals surface area contributed by atoms with Gasteiger partial charge in [-0.2, -0.15) is 0 Å². The van der Waals surface area contributed by atoms with Gasteiger partial charge in [0.25, 0.3) is 0 Å². The van der Waals surface area contributed by atoms with E-state index in [0.717, 1.165) is 63.8 Å². The van der Waals surface area contributed by atoms with E-state index in [-0.39, 0.29) is 6.10 Å². The SMILES string of the molecule is CN=C(NCCN1CCN(C(=O)C2CCC2)CC1)NCC(C)Oc1ccc(Cl)cc1. The number of nitrogens with one attached hydrogen (secondary N) is 2. The van der Waals surface area contributed by atoms with Crippen LogP contribution >= 0.6 is 11.6 Å². The molecular weight excluding hydrogens is 402 g/mol. The van der Waals surface area contributed by atoms with Gasteiger partial charge in [-0.15, -0.1) is 0 Å². The first-order chi connectivity index (χ1) is 14.5. The molecule has 7 nitrogen and oxygen atoms in total. The van der Waals surface area contributed by atoms with Crippen LogP contribution in [0, 0.1) is 5.92 Å². The van der Waals surface area contributed by atoms with Gasteiger partial charge >= 0.3 is 0 Å². The smallest absolute Gasteiger partial charge is 0.225 e. The largest absolute Gasteiger partial charge is 0.489 e. The Hall–Kier alpha value is -1.99. The molecule has 2 N–H and O–H groups in total. The summed E-state index contributed by atoms with van der Waals surface area (Å²) in [4.78, 5) is 21.1. The fourth-order valence-electron chi connectivity index (χ4n) is 3.69. The summed E-state index contributed by atoms with van der Waals surface area (Å²) in [6.07, 6.45) is 3.37. The molecule has 1 amide bonds. The fraction of sp³-hybridized carbons (Fsp3) is 0.636. The van der Waals surface area contributed by atoms with E-state index in [1.54, 1.807) is 7.05 Å². The maximum Gasteiger partial charge on any atom is 0.225 e. The molecule has 1 aromatic rings. The number of ether oxygens (including phenoxy) is 1. The van der Waals surface area contributed by atoms with Crippen LogP contribution in [-0.2, 0) is 4.79 Å². The molecule has 1 saturated carbocycles. The van der Waals surface area contributed by atoms with Crippen LogP contribution in [0.25, 0.3) is 0 Å². The summed E-state index contributed by atoms with van der Waals surface area (Å²) in [5.41, 5.74) is 0. The number of hydrogen-bond acceptors (Lipinski definition) is 4. The van der Waals surface area contributed by atoms with E-state index in [4.69, 9.17) is 16.3 Å². The molecule has 1 atom stereocenters. The highest BCUT2D eigenvalue weighted by atomic mass is 35.5. The van der Waals surface area contributed by atoms with E-state index in [0.29, 0.717) is 23.4 Å². The van der Waals surface area contributed by atoms with Crippen LogP contribution in [0.5, 0.6) is 5.75 Å². The van der Waals surface area contributed by atoms with E-state index in [9.17, 15) is 4.79 Å². The number of aliphatic imine (C=N–C) groups is 1. The lowest BCUT2D eigenvalue weighted by atomic mass is 9.84. The third kappa shape index (κ3) is 6.77. The highest BCUT2D eigenvalue weighted by Gasteiger charge is 2.30. The van der Waals surface area contributed by atoms with Crippen molar-refractivity contribution < 1.29 is 9.53 Å². The standard InChI is InChI=1S/C22H34ClN5O2/c1-17(30-20-8-6-19(23)7-9-20)16-26-22(24-2)25-10-11-27-12-14-28(15-13-27)21(29)18-4-3-5-18/h6-9,17-18H,3-5,10-16H2,1-2H3,(H2,24,25,26). The van der Waals surface area contributed by atoms with Crippen LogP contribution < -0.4 is 15.4 Å². The molecule has 1 unspecified atom stereocenters. The second-order valence-corrected chi connectivity index (χ2v) is 8.49. The number of amides is 1. The van der Waals surface area contributed by atoms with E-state index in [2.05, 4.69) is 25.4 Å². The van der Waals surface area contributed by atoms with Gasteiger partial charge in [0.1, 0.15) is 11.9 Å². The summed E-state index contributed by atoms with van der Waals surface area (Å²) in [6, 6.07) is 7.37. The number of carbonyl (C=O) groups is 1. The summed E-state index contributed by atoms with van der Waals surface area (Å²) >= 11 is 5.90. The van der Waals surface area contributed by atoms with E-state index >= 15 is 0 Å². The van der Waals surface area contributed by atoms with Crippen molar-refractivity contribution in [3.63, 3.8) is 0 Å². The third-order valence-electron chi connectivity index (χ3n) is 5.79. The van der Waals surface area contributed by atoms with E-state index in [1.165, 1.54) is 6.42 Å². The summed E-state index contributed by atoms with van der Waals surface area (Å²) in [5.74, 6) is 2.24. The van der Waals surface area contributed by atoms with Crippen LogP contribution in [0.15, 0.2) is 29.3 Å². The van der Waals surface area contributed by atoms with Crippen molar-refractivity contribution in [1.82, 2.24) is 20.4 Å². The van der Waals surface area contributed by atoms with Crippen LogP contribution in [0.4, 0.5) is 0 Å². The molecular formula is C22H34ClN5O2. The number of halogens is 1. The molecule has 0 bridgehead atoms. The van der Waals surface area contributed by atoms with Crippen molar-refractivity contribution in [1.29, 1.82) is 0 Å². The molecule has 1 aromatic carbocycles. The fourth-order valence-corrected chi connectivity index (χ4v) is 3.81. The van der Waals surface area contributed by atoms with Crippen molar-refractivity contribution >= 4 is 23.5 Å². The minimum Gasteiger partial charge on any atom is -0.489 e. The van der Waals surface area contributed by atoms with Gasteiger partial charge in [-0.1, -0.05) is 18.0 Å². The number of benzene rings is 1. The third-order valence-corrected chi connectivity index (χ3v) is 6.04. The molecule has 2 aliphatic rings. The second kappa shape index (κ2) is 11.4. The Bertz CT molecular complexity index is 700. The molecule has 1 aliphatic carbocycles. The predicted octanol–water partition coefficient (Wildman–Crippen LogP) is 2.22. The van der Waals surface area contributed by atoms with Gasteiger partial charge in [-0.3, -0.25) is 14.7 Å². The Kier molecular flexibility index (Phi) is 8.63. The van der Waals surface area contributed by atoms with E-state index in [1.807, 2.05) is 31.2 Å². The van der Waals surface area contributed by atoms with Gasteiger partial charge in [0, 0.05) is 57.3 Å². The average Bonchev–Trinajstić information content (AvgIpc) is 2.71. The van der Waals surface area contributed by atoms with Gasteiger partial charge < -0.3 is 20.3 Å². The van der Waals surface area contributed by atoms with E-state index < -0.39 is 0 Å². The van der Waals surface area contributed by atoms with Crippen LogP contribution in [0.2, 0.25) is 5.02 Å². The lowest BCUT2D eigenvalue weighted by Gasteiger charge is -2.38. The maximum absolute atomic E-state index is 12.3. The minimum atomic E-state index is -0.00833. The first-order valence-electron chi connectivity index (χ1n) is 10.9. The van der Waals surface area contributed by atoms with Crippen LogP contribution in [0.1, 0.15) is 26.2 Å². The van der Waals surface area contributed by atoms with Gasteiger partial charge in [0.2, 0.25) is 5.91 Å². The van der Waals surface area contributed by atoms with Crippen LogP contribution in [-0.4, -0.2) is 80.6 Å². The van der Waals surface area contributed by atoms with Crippen molar-refractivity contribution in [2.45, 2.75) is 32.3 Å². The zero-order valence-electron chi connectivity index (χ0n) is 18.1. The normalized spacial score (nSPS) is 19.2. The zero-order valence-corrected chi connectivity index (χ0v) is 18.8. The highest BCUT2D eigenvalue weighted by Crippen LogP contribution is 2.28. The van der Waals surface area contributed by atoms with Crippen molar-refractivity contribution in [2.75, 3.05) is 52.9 Å². The zero-order chi connectivity index (χ0) is 21.3. The highest BCUT2D eigenvalue weighted by molar-refractivity contribution is 6.30.